The Morgan fingerprint density at radius 1 is 1.47 bits per heavy atom. The number of nitrogens with one attached hydrogen (secondary N) is 2. The van der Waals surface area contributed by atoms with Gasteiger partial charge in [-0.1, -0.05) is 27.4 Å². The van der Waals surface area contributed by atoms with Gasteiger partial charge in [0.25, 0.3) is 0 Å². The highest BCUT2D eigenvalue weighted by Crippen LogP contribution is 2.11. The molecular formula is C11H21N3S. The van der Waals surface area contributed by atoms with Gasteiger partial charge in [-0.3, -0.25) is 5.41 Å². The van der Waals surface area contributed by atoms with Gasteiger partial charge < -0.3 is 5.32 Å². The lowest BCUT2D eigenvalue weighted by atomic mass is 9.97. The Morgan fingerprint density at radius 3 is 2.40 bits per heavy atom. The van der Waals surface area contributed by atoms with Gasteiger partial charge in [0.2, 0.25) is 0 Å². The molecule has 0 radical (unpaired) electrons. The first-order valence-corrected chi connectivity index (χ1v) is 6.09. The van der Waals surface area contributed by atoms with Gasteiger partial charge in [-0.2, -0.15) is 0 Å². The number of nitrogens with zero attached hydrogens (tertiary/aromatic N) is 1. The number of thioether (sulfide) groups is 1. The maximum atomic E-state index is 7.72. The molecule has 2 N–H and O–H groups in total. The van der Waals surface area contributed by atoms with E-state index in [-0.39, 0.29) is 5.41 Å². The van der Waals surface area contributed by atoms with Crippen LogP contribution in [0.1, 0.15) is 27.7 Å². The molecule has 0 aliphatic carbocycles. The van der Waals surface area contributed by atoms with Crippen LogP contribution in [0.5, 0.6) is 0 Å². The summed E-state index contributed by atoms with van der Waals surface area (Å²) in [5, 5.41) is 11.7. The van der Waals surface area contributed by atoms with Crippen molar-refractivity contribution in [3.8, 4) is 0 Å². The van der Waals surface area contributed by atoms with Crippen LogP contribution in [-0.2, 0) is 0 Å². The Morgan fingerprint density at radius 2 is 2.00 bits per heavy atom. The number of hydrogen-bond donors (Lipinski definition) is 2. The van der Waals surface area contributed by atoms with E-state index in [0.717, 1.165) is 11.6 Å². The van der Waals surface area contributed by atoms with Crippen molar-refractivity contribution in [3.05, 3.63) is 12.3 Å². The second-order valence-electron chi connectivity index (χ2n) is 4.57. The van der Waals surface area contributed by atoms with E-state index >= 15 is 0 Å². The third-order valence-electron chi connectivity index (χ3n) is 1.67. The van der Waals surface area contributed by atoms with E-state index in [9.17, 15) is 0 Å². The summed E-state index contributed by atoms with van der Waals surface area (Å²) in [5.74, 6) is 0.304. The highest BCUT2D eigenvalue weighted by Gasteiger charge is 2.11. The summed E-state index contributed by atoms with van der Waals surface area (Å²) in [7, 11) is 0. The van der Waals surface area contributed by atoms with Crippen molar-refractivity contribution in [2.45, 2.75) is 27.7 Å². The summed E-state index contributed by atoms with van der Waals surface area (Å²) >= 11 is 1.56. The predicted octanol–water partition coefficient (Wildman–Crippen LogP) is 2.89. The molecule has 0 bridgehead atoms. The molecule has 0 atom stereocenters. The molecule has 86 valence electrons. The molecule has 0 aromatic carbocycles. The molecule has 0 amide bonds. The molecule has 0 heterocycles. The summed E-state index contributed by atoms with van der Waals surface area (Å²) in [5.41, 5.74) is 0.649. The lowest BCUT2D eigenvalue weighted by Crippen LogP contribution is -2.32. The van der Waals surface area contributed by atoms with Crippen LogP contribution in [-0.4, -0.2) is 23.7 Å². The van der Waals surface area contributed by atoms with Gasteiger partial charge >= 0.3 is 0 Å². The fourth-order valence-corrected chi connectivity index (χ4v) is 0.949. The third kappa shape index (κ3) is 7.19. The number of aliphatic imine (C=N–C) groups is 1. The summed E-state index contributed by atoms with van der Waals surface area (Å²) < 4.78 is 0. The SMILES string of the molecule is C=C(/N=C(\C)SC)C(=N)NCC(C)(C)C. The minimum Gasteiger partial charge on any atom is -0.368 e. The monoisotopic (exact) mass is 227 g/mol. The molecule has 0 unspecified atom stereocenters. The standard InChI is InChI=1S/C11H21N3S/c1-8(14-9(2)15-6)10(12)13-7-11(3,4)5/h1,7H2,2-6H3,(H2,12,13)/b14-9+. The van der Waals surface area contributed by atoms with E-state index in [1.54, 1.807) is 11.8 Å². The van der Waals surface area contributed by atoms with E-state index in [2.05, 4.69) is 37.7 Å². The maximum Gasteiger partial charge on any atom is 0.143 e. The van der Waals surface area contributed by atoms with Gasteiger partial charge in [-0.05, 0) is 18.6 Å². The Balaban J connectivity index is 4.18. The van der Waals surface area contributed by atoms with Gasteiger partial charge in [-0.15, -0.1) is 11.8 Å². The van der Waals surface area contributed by atoms with Crippen LogP contribution in [0, 0.1) is 10.8 Å². The largest absolute Gasteiger partial charge is 0.368 e. The van der Waals surface area contributed by atoms with E-state index < -0.39 is 0 Å². The topological polar surface area (TPSA) is 48.2 Å². The van der Waals surface area contributed by atoms with Crippen LogP contribution in [0.25, 0.3) is 0 Å². The minimum absolute atomic E-state index is 0.158. The normalized spacial score (nSPS) is 12.5. The van der Waals surface area contributed by atoms with E-state index in [4.69, 9.17) is 5.41 Å². The molecule has 3 nitrogen and oxygen atoms in total. The van der Waals surface area contributed by atoms with E-state index in [0.29, 0.717) is 11.5 Å². The van der Waals surface area contributed by atoms with Crippen molar-refractivity contribution in [1.82, 2.24) is 5.32 Å². The van der Waals surface area contributed by atoms with Gasteiger partial charge in [0.15, 0.2) is 0 Å². The highest BCUT2D eigenvalue weighted by molar-refractivity contribution is 8.13. The predicted molar refractivity (Wildman–Crippen MR) is 70.9 cm³/mol. The first-order valence-electron chi connectivity index (χ1n) is 4.87. The number of hydrogen-bond acceptors (Lipinski definition) is 3. The van der Waals surface area contributed by atoms with Crippen LogP contribution in [0.4, 0.5) is 0 Å². The van der Waals surface area contributed by atoms with Crippen LogP contribution in [0.15, 0.2) is 17.3 Å². The lowest BCUT2D eigenvalue weighted by Gasteiger charge is -2.19. The van der Waals surface area contributed by atoms with E-state index in [1.807, 2.05) is 13.2 Å². The Kier molecular flexibility index (Phi) is 5.65. The zero-order valence-corrected chi connectivity index (χ0v) is 11.1. The Hall–Kier alpha value is -0.770. The van der Waals surface area contributed by atoms with Crippen molar-refractivity contribution in [2.75, 3.05) is 12.8 Å². The molecule has 0 saturated carbocycles. The molecule has 0 aromatic heterocycles. The van der Waals surface area contributed by atoms with Crippen LogP contribution >= 0.6 is 11.8 Å². The van der Waals surface area contributed by atoms with Crippen LogP contribution in [0.2, 0.25) is 0 Å². The molecule has 15 heavy (non-hydrogen) atoms. The summed E-state index contributed by atoms with van der Waals surface area (Å²) in [6.45, 7) is 12.8. The molecule has 0 rings (SSSR count). The van der Waals surface area contributed by atoms with Gasteiger partial charge in [-0.25, -0.2) is 4.99 Å². The first-order chi connectivity index (χ1) is 6.76. The minimum atomic E-state index is 0.158. The fraction of sp³-hybridized carbons (Fsp3) is 0.636. The second-order valence-corrected chi connectivity index (χ2v) is 5.57. The highest BCUT2D eigenvalue weighted by atomic mass is 32.2. The summed E-state index contributed by atoms with van der Waals surface area (Å²) in [6, 6.07) is 0. The van der Waals surface area contributed by atoms with E-state index in [1.165, 1.54) is 0 Å². The average molecular weight is 227 g/mol. The van der Waals surface area contributed by atoms with Crippen molar-refractivity contribution in [3.63, 3.8) is 0 Å². The quantitative estimate of drug-likeness (QED) is 0.575. The molecule has 0 fully saturated rings. The average Bonchev–Trinajstić information content (AvgIpc) is 2.12. The molecule has 0 aromatic rings. The van der Waals surface area contributed by atoms with Crippen molar-refractivity contribution >= 4 is 22.6 Å². The van der Waals surface area contributed by atoms with Crippen molar-refractivity contribution in [2.24, 2.45) is 10.4 Å². The van der Waals surface area contributed by atoms with Crippen molar-refractivity contribution in [1.29, 1.82) is 5.41 Å². The van der Waals surface area contributed by atoms with Gasteiger partial charge in [0.05, 0.1) is 10.7 Å². The maximum absolute atomic E-state index is 7.72. The molecule has 0 aliphatic heterocycles. The lowest BCUT2D eigenvalue weighted by molar-refractivity contribution is 0.408. The summed E-state index contributed by atoms with van der Waals surface area (Å²) in [4.78, 5) is 4.19. The van der Waals surface area contributed by atoms with Crippen LogP contribution in [0.3, 0.4) is 0 Å². The smallest absolute Gasteiger partial charge is 0.143 e. The van der Waals surface area contributed by atoms with Crippen molar-refractivity contribution < 1.29 is 0 Å². The van der Waals surface area contributed by atoms with Crippen LogP contribution < -0.4 is 5.32 Å². The number of amidine groups is 1. The molecular weight excluding hydrogens is 206 g/mol. The number of rotatable bonds is 3. The second kappa shape index (κ2) is 5.95. The Labute approximate surface area is 97.0 Å². The zero-order chi connectivity index (χ0) is 12.1. The Bertz CT molecular complexity index is 274. The van der Waals surface area contributed by atoms with Gasteiger partial charge in [0.1, 0.15) is 5.84 Å². The first kappa shape index (κ1) is 14.2. The molecule has 0 saturated heterocycles. The molecule has 4 heteroatoms. The zero-order valence-electron chi connectivity index (χ0n) is 10.3. The third-order valence-corrected chi connectivity index (χ3v) is 2.35. The molecule has 0 aliphatic rings. The summed E-state index contributed by atoms with van der Waals surface area (Å²) in [6.07, 6.45) is 1.96. The fourth-order valence-electron chi connectivity index (χ4n) is 0.747. The molecule has 0 spiro atoms. The van der Waals surface area contributed by atoms with Gasteiger partial charge in [0, 0.05) is 6.54 Å².